The van der Waals surface area contributed by atoms with E-state index in [-0.39, 0.29) is 5.41 Å². The number of hydrogen-bond donors (Lipinski definition) is 1. The fourth-order valence-electron chi connectivity index (χ4n) is 2.45. The van der Waals surface area contributed by atoms with Crippen LogP contribution < -0.4 is 9.47 Å². The molecule has 0 spiro atoms. The van der Waals surface area contributed by atoms with E-state index in [1.54, 1.807) is 20.1 Å². The molecule has 0 fully saturated rings. The normalized spacial score (nSPS) is 17.0. The molecule has 0 bridgehead atoms. The van der Waals surface area contributed by atoms with Crippen molar-refractivity contribution in [2.45, 2.75) is 20.8 Å². The van der Waals surface area contributed by atoms with E-state index in [0.717, 1.165) is 16.9 Å². The molecule has 0 radical (unpaired) electrons. The number of benzene rings is 1. The van der Waals surface area contributed by atoms with Crippen LogP contribution in [0.2, 0.25) is 0 Å². The highest BCUT2D eigenvalue weighted by Gasteiger charge is 2.24. The zero-order valence-electron chi connectivity index (χ0n) is 13.9. The van der Waals surface area contributed by atoms with Crippen molar-refractivity contribution in [3.63, 3.8) is 0 Å². The Morgan fingerprint density at radius 1 is 1.39 bits per heavy atom. The Morgan fingerprint density at radius 3 is 2.78 bits per heavy atom. The van der Waals surface area contributed by atoms with Gasteiger partial charge in [0.25, 0.3) is 0 Å². The SMILES string of the molecule is COc1cccc2c1OCC(C)(C)C=C2/C=C/C(C)=C/C(=O)O. The molecule has 0 amide bonds. The number of carbonyl (C=O) groups is 1. The van der Waals surface area contributed by atoms with Crippen LogP contribution in [-0.2, 0) is 4.79 Å². The van der Waals surface area contributed by atoms with Crippen LogP contribution in [-0.4, -0.2) is 24.8 Å². The van der Waals surface area contributed by atoms with Gasteiger partial charge in [0, 0.05) is 17.1 Å². The molecule has 4 heteroatoms. The predicted octanol–water partition coefficient (Wildman–Crippen LogP) is 4.08. The number of hydrogen-bond acceptors (Lipinski definition) is 3. The molecule has 0 unspecified atom stereocenters. The zero-order valence-corrected chi connectivity index (χ0v) is 13.9. The van der Waals surface area contributed by atoms with E-state index >= 15 is 0 Å². The maximum atomic E-state index is 10.7. The van der Waals surface area contributed by atoms with E-state index in [1.165, 1.54) is 6.08 Å². The number of allylic oxidation sites excluding steroid dienone is 4. The van der Waals surface area contributed by atoms with Gasteiger partial charge in [-0.1, -0.05) is 44.2 Å². The Labute approximate surface area is 136 Å². The number of rotatable bonds is 4. The topological polar surface area (TPSA) is 55.8 Å². The summed E-state index contributed by atoms with van der Waals surface area (Å²) < 4.78 is 11.4. The van der Waals surface area contributed by atoms with Crippen LogP contribution in [0.4, 0.5) is 0 Å². The largest absolute Gasteiger partial charge is 0.493 e. The number of para-hydroxylation sites is 1. The van der Waals surface area contributed by atoms with E-state index in [4.69, 9.17) is 14.6 Å². The lowest BCUT2D eigenvalue weighted by Crippen LogP contribution is -2.17. The zero-order chi connectivity index (χ0) is 17.0. The molecular formula is C19H22O4. The molecule has 0 saturated heterocycles. The van der Waals surface area contributed by atoms with Gasteiger partial charge in [0.15, 0.2) is 11.5 Å². The predicted molar refractivity (Wildman–Crippen MR) is 90.8 cm³/mol. The minimum absolute atomic E-state index is 0.145. The standard InChI is InChI=1S/C19H22O4/c1-13(10-17(20)21)8-9-14-11-19(2,3)12-23-18-15(14)6-5-7-16(18)22-4/h5-11H,12H2,1-4H3,(H,20,21)/b9-8+,13-10+. The molecule has 0 aliphatic carbocycles. The van der Waals surface area contributed by atoms with Crippen molar-refractivity contribution in [2.75, 3.05) is 13.7 Å². The van der Waals surface area contributed by atoms with Gasteiger partial charge in [0.2, 0.25) is 0 Å². The number of carboxylic acids is 1. The first-order valence-corrected chi connectivity index (χ1v) is 7.45. The van der Waals surface area contributed by atoms with Crippen LogP contribution >= 0.6 is 0 Å². The van der Waals surface area contributed by atoms with Crippen molar-refractivity contribution in [3.8, 4) is 11.5 Å². The smallest absolute Gasteiger partial charge is 0.328 e. The fourth-order valence-corrected chi connectivity index (χ4v) is 2.45. The van der Waals surface area contributed by atoms with Crippen molar-refractivity contribution in [1.29, 1.82) is 0 Å². The van der Waals surface area contributed by atoms with Gasteiger partial charge >= 0.3 is 5.97 Å². The number of fused-ring (bicyclic) bond motifs is 1. The lowest BCUT2D eigenvalue weighted by Gasteiger charge is -2.19. The Hall–Kier alpha value is -2.49. The van der Waals surface area contributed by atoms with Gasteiger partial charge in [0.1, 0.15) is 0 Å². The first kappa shape index (κ1) is 16.9. The van der Waals surface area contributed by atoms with Gasteiger partial charge in [-0.2, -0.15) is 0 Å². The molecule has 1 aromatic rings. The van der Waals surface area contributed by atoms with Crippen molar-refractivity contribution in [2.24, 2.45) is 5.41 Å². The van der Waals surface area contributed by atoms with Crippen LogP contribution in [0.3, 0.4) is 0 Å². The monoisotopic (exact) mass is 314 g/mol. The molecule has 1 N–H and O–H groups in total. The molecule has 1 aliphatic rings. The second-order valence-corrected chi connectivity index (χ2v) is 6.27. The summed E-state index contributed by atoms with van der Waals surface area (Å²) >= 11 is 0. The lowest BCUT2D eigenvalue weighted by atomic mass is 9.90. The summed E-state index contributed by atoms with van der Waals surface area (Å²) in [6.07, 6.45) is 7.04. The highest BCUT2D eigenvalue weighted by atomic mass is 16.5. The summed E-state index contributed by atoms with van der Waals surface area (Å²) in [5, 5.41) is 8.81. The average Bonchev–Trinajstić information content (AvgIpc) is 2.61. The number of aliphatic carboxylic acids is 1. The fraction of sp³-hybridized carbons (Fsp3) is 0.316. The Kier molecular flexibility index (Phi) is 4.94. The summed E-state index contributed by atoms with van der Waals surface area (Å²) in [5.74, 6) is 0.460. The maximum absolute atomic E-state index is 10.7. The summed E-state index contributed by atoms with van der Waals surface area (Å²) in [4.78, 5) is 10.7. The third kappa shape index (κ3) is 4.25. The molecule has 0 saturated carbocycles. The number of ether oxygens (including phenoxy) is 2. The van der Waals surface area contributed by atoms with E-state index in [2.05, 4.69) is 19.9 Å². The van der Waals surface area contributed by atoms with Crippen LogP contribution in [0.15, 0.2) is 48.1 Å². The summed E-state index contributed by atoms with van der Waals surface area (Å²) in [6.45, 7) is 6.50. The Morgan fingerprint density at radius 2 is 2.13 bits per heavy atom. The van der Waals surface area contributed by atoms with Crippen molar-refractivity contribution < 1.29 is 19.4 Å². The van der Waals surface area contributed by atoms with E-state index in [9.17, 15) is 4.79 Å². The third-order valence-electron chi connectivity index (χ3n) is 3.52. The average molecular weight is 314 g/mol. The molecule has 23 heavy (non-hydrogen) atoms. The molecule has 0 aromatic heterocycles. The van der Waals surface area contributed by atoms with Crippen LogP contribution in [0, 0.1) is 5.41 Å². The first-order chi connectivity index (χ1) is 10.8. The summed E-state index contributed by atoms with van der Waals surface area (Å²) in [6, 6.07) is 5.76. The van der Waals surface area contributed by atoms with E-state index < -0.39 is 5.97 Å². The molecule has 122 valence electrons. The van der Waals surface area contributed by atoms with Crippen molar-refractivity contribution >= 4 is 11.5 Å². The third-order valence-corrected chi connectivity index (χ3v) is 3.52. The number of methoxy groups -OCH3 is 1. The lowest BCUT2D eigenvalue weighted by molar-refractivity contribution is -0.131. The van der Waals surface area contributed by atoms with Crippen LogP contribution in [0.5, 0.6) is 11.5 Å². The second-order valence-electron chi connectivity index (χ2n) is 6.27. The molecular weight excluding hydrogens is 292 g/mol. The minimum Gasteiger partial charge on any atom is -0.493 e. The van der Waals surface area contributed by atoms with Crippen molar-refractivity contribution in [1.82, 2.24) is 0 Å². The number of carboxylic acid groups (broad SMARTS) is 1. The molecule has 4 nitrogen and oxygen atoms in total. The quantitative estimate of drug-likeness (QED) is 0.672. The van der Waals surface area contributed by atoms with Gasteiger partial charge < -0.3 is 14.6 Å². The van der Waals surface area contributed by atoms with Gasteiger partial charge in [-0.05, 0) is 24.1 Å². The highest BCUT2D eigenvalue weighted by Crippen LogP contribution is 2.41. The minimum atomic E-state index is -0.951. The van der Waals surface area contributed by atoms with Gasteiger partial charge in [0.05, 0.1) is 13.7 Å². The van der Waals surface area contributed by atoms with E-state index in [1.807, 2.05) is 24.3 Å². The Bertz CT molecular complexity index is 693. The summed E-state index contributed by atoms with van der Waals surface area (Å²) in [5.41, 5.74) is 2.45. The first-order valence-electron chi connectivity index (χ1n) is 7.45. The van der Waals surface area contributed by atoms with Crippen LogP contribution in [0.1, 0.15) is 26.3 Å². The molecule has 1 heterocycles. The Balaban J connectivity index is 2.49. The highest BCUT2D eigenvalue weighted by molar-refractivity contribution is 5.83. The maximum Gasteiger partial charge on any atom is 0.328 e. The molecule has 1 aromatic carbocycles. The summed E-state index contributed by atoms with van der Waals surface area (Å²) in [7, 11) is 1.62. The second kappa shape index (κ2) is 6.73. The molecule has 2 rings (SSSR count). The van der Waals surface area contributed by atoms with Gasteiger partial charge in [-0.25, -0.2) is 4.79 Å². The van der Waals surface area contributed by atoms with Gasteiger partial charge in [-0.3, -0.25) is 0 Å². The van der Waals surface area contributed by atoms with E-state index in [0.29, 0.717) is 17.9 Å². The van der Waals surface area contributed by atoms with Gasteiger partial charge in [-0.15, -0.1) is 0 Å². The van der Waals surface area contributed by atoms with Crippen molar-refractivity contribution in [3.05, 3.63) is 53.6 Å². The molecule has 1 aliphatic heterocycles. The molecule has 0 atom stereocenters. The van der Waals surface area contributed by atoms with Crippen LogP contribution in [0.25, 0.3) is 5.57 Å².